The molecule has 2 rings (SSSR count). The highest BCUT2D eigenvalue weighted by molar-refractivity contribution is 9.10. The lowest BCUT2D eigenvalue weighted by Crippen LogP contribution is -1.98. The van der Waals surface area contributed by atoms with Crippen LogP contribution in [0, 0.1) is 0 Å². The fraction of sp³-hybridized carbons (Fsp3) is 0. The summed E-state index contributed by atoms with van der Waals surface area (Å²) in [6.45, 7) is 0. The number of halogens is 1. The topological polar surface area (TPSA) is 110 Å². The number of para-hydroxylation sites is 2. The monoisotopic (exact) mass is 324 g/mol. The number of hydrogen-bond acceptors (Lipinski definition) is 4. The molecule has 0 radical (unpaired) electrons. The Kier molecular flexibility index (Phi) is 5.20. The van der Waals surface area contributed by atoms with Crippen LogP contribution in [-0.2, 0) is 0 Å². The Bertz CT molecular complexity index is 567. The molecule has 5 nitrogen and oxygen atoms in total. The van der Waals surface area contributed by atoms with Crippen LogP contribution in [0.2, 0.25) is 0 Å². The van der Waals surface area contributed by atoms with E-state index in [2.05, 4.69) is 15.9 Å². The Morgan fingerprint density at radius 3 is 2.00 bits per heavy atom. The van der Waals surface area contributed by atoms with Crippen molar-refractivity contribution in [1.29, 1.82) is 0 Å². The standard InChI is InChI=1S/C7H7NO3.C6H6BrN/c8-5-3-1-2-4(6(5)9)7(10)11;7-5-3-1-2-4-6(5)8/h1-3,9H,8H2,(H,10,11);1-4H,8H2. The molecule has 0 spiro atoms. The summed E-state index contributed by atoms with van der Waals surface area (Å²) < 4.78 is 0.958. The second-order valence-corrected chi connectivity index (χ2v) is 4.42. The van der Waals surface area contributed by atoms with Crippen molar-refractivity contribution in [2.75, 3.05) is 11.5 Å². The Morgan fingerprint density at radius 2 is 1.58 bits per heavy atom. The predicted molar refractivity (Wildman–Crippen MR) is 78.0 cm³/mol. The van der Waals surface area contributed by atoms with Crippen LogP contribution in [0.3, 0.4) is 0 Å². The van der Waals surface area contributed by atoms with E-state index >= 15 is 0 Å². The van der Waals surface area contributed by atoms with E-state index in [1.165, 1.54) is 18.2 Å². The average molecular weight is 325 g/mol. The lowest BCUT2D eigenvalue weighted by Gasteiger charge is -2.00. The molecule has 2 aromatic rings. The minimum absolute atomic E-state index is 0.0740. The van der Waals surface area contributed by atoms with E-state index < -0.39 is 5.97 Å². The number of nitrogen functional groups attached to an aromatic ring is 2. The van der Waals surface area contributed by atoms with Crippen molar-refractivity contribution in [2.24, 2.45) is 0 Å². The third-order valence-electron chi connectivity index (χ3n) is 2.20. The molecule has 0 aliphatic heterocycles. The summed E-state index contributed by atoms with van der Waals surface area (Å²) in [6.07, 6.45) is 0. The zero-order valence-electron chi connectivity index (χ0n) is 9.88. The molecule has 0 heterocycles. The zero-order chi connectivity index (χ0) is 14.4. The van der Waals surface area contributed by atoms with Crippen molar-refractivity contribution >= 4 is 33.3 Å². The van der Waals surface area contributed by atoms with Crippen LogP contribution < -0.4 is 11.5 Å². The Morgan fingerprint density at radius 1 is 1.00 bits per heavy atom. The highest BCUT2D eigenvalue weighted by Crippen LogP contribution is 2.23. The van der Waals surface area contributed by atoms with Crippen LogP contribution >= 0.6 is 15.9 Å². The first-order chi connectivity index (χ1) is 8.93. The van der Waals surface area contributed by atoms with Gasteiger partial charge in [-0.3, -0.25) is 0 Å². The van der Waals surface area contributed by atoms with Gasteiger partial charge >= 0.3 is 5.97 Å². The number of aromatic carboxylic acids is 1. The van der Waals surface area contributed by atoms with Crippen molar-refractivity contribution in [1.82, 2.24) is 0 Å². The molecule has 0 bridgehead atoms. The summed E-state index contributed by atoms with van der Waals surface area (Å²) >= 11 is 3.27. The molecule has 6 N–H and O–H groups in total. The van der Waals surface area contributed by atoms with Crippen LogP contribution in [0.4, 0.5) is 11.4 Å². The van der Waals surface area contributed by atoms with E-state index in [1.54, 1.807) is 0 Å². The lowest BCUT2D eigenvalue weighted by molar-refractivity contribution is 0.0694. The summed E-state index contributed by atoms with van der Waals surface area (Å²) in [7, 11) is 0. The van der Waals surface area contributed by atoms with Crippen molar-refractivity contribution in [2.45, 2.75) is 0 Å². The summed E-state index contributed by atoms with van der Waals surface area (Å²) in [6, 6.07) is 11.8. The Labute approximate surface area is 118 Å². The maximum atomic E-state index is 10.4. The predicted octanol–water partition coefficient (Wildman–Crippen LogP) is 2.70. The first kappa shape index (κ1) is 14.8. The quantitative estimate of drug-likeness (QED) is 0.476. The van der Waals surface area contributed by atoms with E-state index in [-0.39, 0.29) is 17.0 Å². The van der Waals surface area contributed by atoms with Crippen molar-refractivity contribution in [3.63, 3.8) is 0 Å². The second kappa shape index (κ2) is 6.65. The molecule has 0 saturated carbocycles. The molecule has 0 aromatic heterocycles. The number of aromatic hydroxyl groups is 1. The first-order valence-corrected chi connectivity index (χ1v) is 6.03. The van der Waals surface area contributed by atoms with Crippen molar-refractivity contribution in [3.05, 3.63) is 52.5 Å². The molecule has 2 aromatic carbocycles. The van der Waals surface area contributed by atoms with Gasteiger partial charge in [0.1, 0.15) is 5.56 Å². The fourth-order valence-electron chi connectivity index (χ4n) is 1.21. The van der Waals surface area contributed by atoms with Crippen LogP contribution in [0.25, 0.3) is 0 Å². The molecule has 0 unspecified atom stereocenters. The largest absolute Gasteiger partial charge is 0.505 e. The van der Waals surface area contributed by atoms with Crippen LogP contribution in [0.5, 0.6) is 5.75 Å². The maximum absolute atomic E-state index is 10.4. The molecule has 100 valence electrons. The first-order valence-electron chi connectivity index (χ1n) is 5.24. The minimum atomic E-state index is -1.19. The summed E-state index contributed by atoms with van der Waals surface area (Å²) in [4.78, 5) is 10.4. The molecule has 0 aliphatic carbocycles. The number of benzene rings is 2. The average Bonchev–Trinajstić information content (AvgIpc) is 2.37. The summed E-state index contributed by atoms with van der Waals surface area (Å²) in [5.41, 5.74) is 11.4. The van der Waals surface area contributed by atoms with Gasteiger partial charge in [0.05, 0.1) is 5.69 Å². The third kappa shape index (κ3) is 4.18. The van der Waals surface area contributed by atoms with Gasteiger partial charge in [0.25, 0.3) is 0 Å². The lowest BCUT2D eigenvalue weighted by atomic mass is 10.2. The molecular formula is C13H13BrN2O3. The van der Waals surface area contributed by atoms with Crippen LogP contribution in [-0.4, -0.2) is 16.2 Å². The van der Waals surface area contributed by atoms with Gasteiger partial charge in [0.15, 0.2) is 5.75 Å². The van der Waals surface area contributed by atoms with Gasteiger partial charge in [0, 0.05) is 10.2 Å². The molecule has 0 aliphatic rings. The molecule has 0 amide bonds. The smallest absolute Gasteiger partial charge is 0.339 e. The number of anilines is 2. The second-order valence-electron chi connectivity index (χ2n) is 3.57. The molecule has 0 fully saturated rings. The summed E-state index contributed by atoms with van der Waals surface area (Å²) in [5, 5.41) is 17.5. The van der Waals surface area contributed by atoms with E-state index in [1.807, 2.05) is 24.3 Å². The van der Waals surface area contributed by atoms with Gasteiger partial charge in [-0.2, -0.15) is 0 Å². The number of carboxylic acids is 1. The van der Waals surface area contributed by atoms with Gasteiger partial charge in [-0.05, 0) is 40.2 Å². The van der Waals surface area contributed by atoms with Crippen molar-refractivity contribution in [3.8, 4) is 5.75 Å². The van der Waals surface area contributed by atoms with E-state index in [0.717, 1.165) is 10.2 Å². The normalized spacial score (nSPS) is 9.32. The number of hydrogen-bond donors (Lipinski definition) is 4. The number of carboxylic acid groups (broad SMARTS) is 1. The third-order valence-corrected chi connectivity index (χ3v) is 2.93. The van der Waals surface area contributed by atoms with Gasteiger partial charge < -0.3 is 21.7 Å². The molecule has 19 heavy (non-hydrogen) atoms. The van der Waals surface area contributed by atoms with Crippen LogP contribution in [0.15, 0.2) is 46.9 Å². The van der Waals surface area contributed by atoms with Gasteiger partial charge in [-0.15, -0.1) is 0 Å². The number of carbonyl (C=O) groups is 1. The number of phenols is 1. The zero-order valence-corrected chi connectivity index (χ0v) is 11.5. The Hall–Kier alpha value is -2.21. The maximum Gasteiger partial charge on any atom is 0.339 e. The van der Waals surface area contributed by atoms with Gasteiger partial charge in [0.2, 0.25) is 0 Å². The van der Waals surface area contributed by atoms with E-state index in [0.29, 0.717) is 0 Å². The number of nitrogens with two attached hydrogens (primary N) is 2. The van der Waals surface area contributed by atoms with E-state index in [4.69, 9.17) is 21.7 Å². The van der Waals surface area contributed by atoms with Crippen LogP contribution in [0.1, 0.15) is 10.4 Å². The molecule has 0 saturated heterocycles. The molecule has 0 atom stereocenters. The van der Waals surface area contributed by atoms with Crippen molar-refractivity contribution < 1.29 is 15.0 Å². The van der Waals surface area contributed by atoms with Gasteiger partial charge in [-0.1, -0.05) is 18.2 Å². The molecular weight excluding hydrogens is 312 g/mol. The van der Waals surface area contributed by atoms with Gasteiger partial charge in [-0.25, -0.2) is 4.79 Å². The highest BCUT2D eigenvalue weighted by Gasteiger charge is 2.09. The highest BCUT2D eigenvalue weighted by atomic mass is 79.9. The minimum Gasteiger partial charge on any atom is -0.505 e. The molecule has 6 heteroatoms. The summed E-state index contributed by atoms with van der Waals surface area (Å²) in [5.74, 6) is -1.56. The fourth-order valence-corrected chi connectivity index (χ4v) is 1.49. The SMILES string of the molecule is Nc1cccc(C(=O)O)c1O.Nc1ccccc1Br. The van der Waals surface area contributed by atoms with E-state index in [9.17, 15) is 4.79 Å². The Balaban J connectivity index is 0.000000200. The number of rotatable bonds is 1.